The summed E-state index contributed by atoms with van der Waals surface area (Å²) in [5.41, 5.74) is 0.766. The van der Waals surface area contributed by atoms with Crippen LogP contribution in [0.2, 0.25) is 0 Å². The summed E-state index contributed by atoms with van der Waals surface area (Å²) < 4.78 is 24.1. The first kappa shape index (κ1) is 15.8. The second kappa shape index (κ2) is 6.93. The van der Waals surface area contributed by atoms with Crippen LogP contribution in [0.4, 0.5) is 4.39 Å². The van der Waals surface area contributed by atoms with E-state index in [-0.39, 0.29) is 11.6 Å². The van der Waals surface area contributed by atoms with Crippen molar-refractivity contribution in [3.8, 4) is 11.5 Å². The number of benzene rings is 2. The molecule has 0 aliphatic carbocycles. The first-order valence-corrected chi connectivity index (χ1v) is 6.84. The predicted octanol–water partition coefficient (Wildman–Crippen LogP) is 3.33. The van der Waals surface area contributed by atoms with Crippen molar-refractivity contribution in [2.24, 2.45) is 0 Å². The minimum atomic E-state index is -0.551. The zero-order chi connectivity index (χ0) is 16.1. The molecule has 0 aliphatic rings. The van der Waals surface area contributed by atoms with Crippen LogP contribution in [0, 0.1) is 5.82 Å². The minimum absolute atomic E-state index is 0.0104. The highest BCUT2D eigenvalue weighted by Gasteiger charge is 2.18. The van der Waals surface area contributed by atoms with Gasteiger partial charge in [0.05, 0.1) is 25.8 Å². The van der Waals surface area contributed by atoms with Gasteiger partial charge in [-0.2, -0.15) is 0 Å². The van der Waals surface area contributed by atoms with E-state index in [1.54, 1.807) is 51.5 Å². The maximum absolute atomic E-state index is 13.7. The third kappa shape index (κ3) is 3.36. The lowest BCUT2D eigenvalue weighted by molar-refractivity contribution is 0.0935. The third-order valence-electron chi connectivity index (χ3n) is 3.37. The third-order valence-corrected chi connectivity index (χ3v) is 3.37. The zero-order valence-electron chi connectivity index (χ0n) is 12.7. The summed E-state index contributed by atoms with van der Waals surface area (Å²) in [5.74, 6) is 0.255. The molecule has 0 radical (unpaired) electrons. The van der Waals surface area contributed by atoms with Crippen LogP contribution in [0.1, 0.15) is 28.9 Å². The number of ether oxygens (including phenoxy) is 2. The van der Waals surface area contributed by atoms with E-state index in [1.807, 2.05) is 0 Å². The SMILES string of the molecule is COc1ccc(OC)c([C@@H](C)NC(=O)c2ccccc2F)c1. The highest BCUT2D eigenvalue weighted by Crippen LogP contribution is 2.29. The predicted molar refractivity (Wildman–Crippen MR) is 81.8 cm³/mol. The fourth-order valence-corrected chi connectivity index (χ4v) is 2.18. The van der Waals surface area contributed by atoms with E-state index in [4.69, 9.17) is 9.47 Å². The van der Waals surface area contributed by atoms with Gasteiger partial charge in [0.15, 0.2) is 0 Å². The Bertz CT molecular complexity index is 673. The normalized spacial score (nSPS) is 11.6. The van der Waals surface area contributed by atoms with Crippen molar-refractivity contribution in [3.05, 3.63) is 59.4 Å². The van der Waals surface area contributed by atoms with Crippen LogP contribution in [0.3, 0.4) is 0 Å². The van der Waals surface area contributed by atoms with E-state index in [0.717, 1.165) is 5.56 Å². The van der Waals surface area contributed by atoms with Crippen molar-refractivity contribution in [2.75, 3.05) is 14.2 Å². The monoisotopic (exact) mass is 303 g/mol. The topological polar surface area (TPSA) is 47.6 Å². The Morgan fingerprint density at radius 3 is 2.50 bits per heavy atom. The molecule has 0 bridgehead atoms. The molecule has 0 aromatic heterocycles. The number of rotatable bonds is 5. The largest absolute Gasteiger partial charge is 0.497 e. The van der Waals surface area contributed by atoms with Crippen LogP contribution in [0.15, 0.2) is 42.5 Å². The van der Waals surface area contributed by atoms with E-state index in [0.29, 0.717) is 11.5 Å². The fourth-order valence-electron chi connectivity index (χ4n) is 2.18. The molecule has 4 nitrogen and oxygen atoms in total. The number of hydrogen-bond acceptors (Lipinski definition) is 3. The van der Waals surface area contributed by atoms with Crippen molar-refractivity contribution < 1.29 is 18.7 Å². The van der Waals surface area contributed by atoms with E-state index in [1.165, 1.54) is 12.1 Å². The molecule has 0 heterocycles. The molecule has 2 rings (SSSR count). The summed E-state index contributed by atoms with van der Waals surface area (Å²) in [7, 11) is 3.12. The molecule has 0 unspecified atom stereocenters. The van der Waals surface area contributed by atoms with Crippen LogP contribution in [0.25, 0.3) is 0 Å². The summed E-state index contributed by atoms with van der Waals surface area (Å²) in [5, 5.41) is 2.76. The molecular weight excluding hydrogens is 285 g/mol. The molecule has 0 saturated carbocycles. The molecule has 2 aromatic rings. The average molecular weight is 303 g/mol. The van der Waals surface area contributed by atoms with E-state index < -0.39 is 11.7 Å². The Morgan fingerprint density at radius 2 is 1.86 bits per heavy atom. The molecule has 22 heavy (non-hydrogen) atoms. The van der Waals surface area contributed by atoms with Gasteiger partial charge >= 0.3 is 0 Å². The smallest absolute Gasteiger partial charge is 0.254 e. The lowest BCUT2D eigenvalue weighted by Crippen LogP contribution is -2.27. The molecular formula is C17H18FNO3. The molecule has 116 valence electrons. The molecule has 1 atom stereocenters. The molecule has 1 amide bonds. The van der Waals surface area contributed by atoms with Crippen LogP contribution < -0.4 is 14.8 Å². The van der Waals surface area contributed by atoms with Crippen molar-refractivity contribution >= 4 is 5.91 Å². The van der Waals surface area contributed by atoms with Gasteiger partial charge in [-0.05, 0) is 37.3 Å². The lowest BCUT2D eigenvalue weighted by Gasteiger charge is -2.18. The quantitative estimate of drug-likeness (QED) is 0.921. The number of nitrogens with one attached hydrogen (secondary N) is 1. The molecule has 0 fully saturated rings. The van der Waals surface area contributed by atoms with Crippen molar-refractivity contribution in [1.29, 1.82) is 0 Å². The Morgan fingerprint density at radius 1 is 1.14 bits per heavy atom. The second-order valence-corrected chi connectivity index (χ2v) is 4.78. The van der Waals surface area contributed by atoms with Gasteiger partial charge in [0.1, 0.15) is 17.3 Å². The molecule has 0 spiro atoms. The number of carbonyl (C=O) groups excluding carboxylic acids is 1. The van der Waals surface area contributed by atoms with Crippen molar-refractivity contribution in [3.63, 3.8) is 0 Å². The lowest BCUT2D eigenvalue weighted by atomic mass is 10.1. The standard InChI is InChI=1S/C17H18FNO3/c1-11(14-10-12(21-2)8-9-16(14)22-3)19-17(20)13-6-4-5-7-15(13)18/h4-11H,1-3H3,(H,19,20)/t11-/m1/s1. The summed E-state index contributed by atoms with van der Waals surface area (Å²) in [4.78, 5) is 12.2. The van der Waals surface area contributed by atoms with Gasteiger partial charge in [-0.25, -0.2) is 4.39 Å². The molecule has 0 aliphatic heterocycles. The van der Waals surface area contributed by atoms with E-state index in [9.17, 15) is 9.18 Å². The Labute approximate surface area is 128 Å². The Kier molecular flexibility index (Phi) is 4.99. The van der Waals surface area contributed by atoms with Gasteiger partial charge in [-0.3, -0.25) is 4.79 Å². The van der Waals surface area contributed by atoms with E-state index in [2.05, 4.69) is 5.32 Å². The number of halogens is 1. The van der Waals surface area contributed by atoms with Crippen LogP contribution in [-0.2, 0) is 0 Å². The number of carbonyl (C=O) groups is 1. The summed E-state index contributed by atoms with van der Waals surface area (Å²) in [6.45, 7) is 1.80. The van der Waals surface area contributed by atoms with Gasteiger partial charge in [-0.1, -0.05) is 12.1 Å². The van der Waals surface area contributed by atoms with Gasteiger partial charge in [0.25, 0.3) is 5.91 Å². The maximum atomic E-state index is 13.7. The van der Waals surface area contributed by atoms with Crippen LogP contribution >= 0.6 is 0 Å². The second-order valence-electron chi connectivity index (χ2n) is 4.78. The van der Waals surface area contributed by atoms with Gasteiger partial charge in [-0.15, -0.1) is 0 Å². The zero-order valence-corrected chi connectivity index (χ0v) is 12.7. The Balaban J connectivity index is 2.23. The fraction of sp³-hybridized carbons (Fsp3) is 0.235. The average Bonchev–Trinajstić information content (AvgIpc) is 2.54. The molecule has 5 heteroatoms. The number of hydrogen-bond donors (Lipinski definition) is 1. The molecule has 1 N–H and O–H groups in total. The first-order valence-electron chi connectivity index (χ1n) is 6.84. The van der Waals surface area contributed by atoms with Crippen LogP contribution in [-0.4, -0.2) is 20.1 Å². The summed E-state index contributed by atoms with van der Waals surface area (Å²) >= 11 is 0. The maximum Gasteiger partial charge on any atom is 0.254 e. The highest BCUT2D eigenvalue weighted by molar-refractivity contribution is 5.94. The van der Waals surface area contributed by atoms with Gasteiger partial charge < -0.3 is 14.8 Å². The van der Waals surface area contributed by atoms with Crippen molar-refractivity contribution in [2.45, 2.75) is 13.0 Å². The number of amides is 1. The van der Waals surface area contributed by atoms with Gasteiger partial charge in [0.2, 0.25) is 0 Å². The molecule has 0 saturated heterocycles. The summed E-state index contributed by atoms with van der Waals surface area (Å²) in [6.07, 6.45) is 0. The van der Waals surface area contributed by atoms with E-state index >= 15 is 0 Å². The first-order chi connectivity index (χ1) is 10.6. The minimum Gasteiger partial charge on any atom is -0.497 e. The van der Waals surface area contributed by atoms with Gasteiger partial charge in [0, 0.05) is 5.56 Å². The van der Waals surface area contributed by atoms with Crippen molar-refractivity contribution in [1.82, 2.24) is 5.32 Å². The molecule has 2 aromatic carbocycles. The highest BCUT2D eigenvalue weighted by atomic mass is 19.1. The number of methoxy groups -OCH3 is 2. The summed E-state index contributed by atoms with van der Waals surface area (Å²) in [6, 6.07) is 10.8. The van der Waals surface area contributed by atoms with Crippen LogP contribution in [0.5, 0.6) is 11.5 Å². The Hall–Kier alpha value is -2.56.